The summed E-state index contributed by atoms with van der Waals surface area (Å²) >= 11 is 1.96. The van der Waals surface area contributed by atoms with Crippen molar-refractivity contribution in [2.45, 2.75) is 44.6 Å². The SMILES string of the molecule is CNC(CSC)CC1CCCCC1. The summed E-state index contributed by atoms with van der Waals surface area (Å²) in [7, 11) is 2.10. The van der Waals surface area contributed by atoms with Gasteiger partial charge in [0.15, 0.2) is 0 Å². The smallest absolute Gasteiger partial charge is 0.0157 e. The van der Waals surface area contributed by atoms with Crippen LogP contribution in [0.25, 0.3) is 0 Å². The standard InChI is InChI=1S/C11H23NS/c1-12-11(9-13-2)8-10-6-4-3-5-7-10/h10-12H,3-9H2,1-2H3. The molecule has 0 heterocycles. The van der Waals surface area contributed by atoms with Crippen molar-refractivity contribution in [3.05, 3.63) is 0 Å². The van der Waals surface area contributed by atoms with Gasteiger partial charge in [0.2, 0.25) is 0 Å². The quantitative estimate of drug-likeness (QED) is 0.734. The minimum absolute atomic E-state index is 0.748. The van der Waals surface area contributed by atoms with Crippen molar-refractivity contribution in [2.24, 2.45) is 5.92 Å². The highest BCUT2D eigenvalue weighted by atomic mass is 32.2. The molecule has 0 aromatic carbocycles. The van der Waals surface area contributed by atoms with Crippen molar-refractivity contribution >= 4 is 11.8 Å². The van der Waals surface area contributed by atoms with Crippen LogP contribution in [-0.4, -0.2) is 25.1 Å². The summed E-state index contributed by atoms with van der Waals surface area (Å²) in [5, 5.41) is 3.43. The molecule has 0 amide bonds. The highest BCUT2D eigenvalue weighted by Gasteiger charge is 2.17. The minimum atomic E-state index is 0.748. The molecule has 0 aromatic rings. The van der Waals surface area contributed by atoms with Gasteiger partial charge in [-0.1, -0.05) is 32.1 Å². The number of rotatable bonds is 5. The summed E-state index contributed by atoms with van der Waals surface area (Å²) in [6.07, 6.45) is 11.0. The maximum Gasteiger partial charge on any atom is 0.0157 e. The second-order valence-corrected chi connectivity index (χ2v) is 5.09. The maximum absolute atomic E-state index is 3.43. The monoisotopic (exact) mass is 201 g/mol. The van der Waals surface area contributed by atoms with Crippen LogP contribution in [0, 0.1) is 5.92 Å². The molecule has 1 nitrogen and oxygen atoms in total. The third kappa shape index (κ3) is 4.37. The van der Waals surface area contributed by atoms with E-state index < -0.39 is 0 Å². The van der Waals surface area contributed by atoms with Gasteiger partial charge < -0.3 is 5.32 Å². The van der Waals surface area contributed by atoms with Gasteiger partial charge in [-0.15, -0.1) is 0 Å². The fourth-order valence-electron chi connectivity index (χ4n) is 2.30. The maximum atomic E-state index is 3.43. The molecule has 0 aromatic heterocycles. The molecule has 1 aliphatic rings. The molecule has 1 rings (SSSR count). The van der Waals surface area contributed by atoms with E-state index in [1.54, 1.807) is 0 Å². The third-order valence-electron chi connectivity index (χ3n) is 3.12. The first-order chi connectivity index (χ1) is 6.36. The molecule has 78 valence electrons. The lowest BCUT2D eigenvalue weighted by atomic mass is 9.85. The van der Waals surface area contributed by atoms with Crippen molar-refractivity contribution in [1.82, 2.24) is 5.32 Å². The van der Waals surface area contributed by atoms with Crippen LogP contribution in [0.15, 0.2) is 0 Å². The second kappa shape index (κ2) is 6.72. The predicted octanol–water partition coefficient (Wildman–Crippen LogP) is 2.91. The summed E-state index contributed by atoms with van der Waals surface area (Å²) in [4.78, 5) is 0. The molecule has 1 unspecified atom stereocenters. The Morgan fingerprint density at radius 1 is 1.31 bits per heavy atom. The van der Waals surface area contributed by atoms with Gasteiger partial charge in [-0.2, -0.15) is 11.8 Å². The van der Waals surface area contributed by atoms with Crippen LogP contribution in [0.5, 0.6) is 0 Å². The summed E-state index contributed by atoms with van der Waals surface area (Å²) < 4.78 is 0. The zero-order valence-corrected chi connectivity index (χ0v) is 9.83. The Kier molecular flexibility index (Phi) is 5.88. The lowest BCUT2D eigenvalue weighted by molar-refractivity contribution is 0.312. The molecule has 0 aliphatic heterocycles. The van der Waals surface area contributed by atoms with Crippen LogP contribution in [0.2, 0.25) is 0 Å². The Bertz CT molecular complexity index is 119. The van der Waals surface area contributed by atoms with Crippen LogP contribution in [0.3, 0.4) is 0 Å². The van der Waals surface area contributed by atoms with Crippen LogP contribution >= 0.6 is 11.8 Å². The first kappa shape index (κ1) is 11.4. The molecule has 13 heavy (non-hydrogen) atoms. The molecule has 1 atom stereocenters. The van der Waals surface area contributed by atoms with Gasteiger partial charge in [0.05, 0.1) is 0 Å². The number of thioether (sulfide) groups is 1. The summed E-state index contributed by atoms with van der Waals surface area (Å²) in [5.74, 6) is 2.28. The Labute approximate surface area is 87.1 Å². The Morgan fingerprint density at radius 3 is 2.54 bits per heavy atom. The minimum Gasteiger partial charge on any atom is -0.316 e. The number of nitrogens with one attached hydrogen (secondary N) is 1. The third-order valence-corrected chi connectivity index (χ3v) is 3.85. The van der Waals surface area contributed by atoms with Crippen LogP contribution in [0.4, 0.5) is 0 Å². The number of hydrogen-bond acceptors (Lipinski definition) is 2. The average Bonchev–Trinajstić information content (AvgIpc) is 2.19. The van der Waals surface area contributed by atoms with Gasteiger partial charge in [-0.3, -0.25) is 0 Å². The first-order valence-electron chi connectivity index (χ1n) is 5.53. The topological polar surface area (TPSA) is 12.0 Å². The van der Waals surface area contributed by atoms with E-state index in [9.17, 15) is 0 Å². The van der Waals surface area contributed by atoms with E-state index in [0.29, 0.717) is 0 Å². The lowest BCUT2D eigenvalue weighted by Crippen LogP contribution is -2.30. The zero-order chi connectivity index (χ0) is 9.52. The highest BCUT2D eigenvalue weighted by molar-refractivity contribution is 7.98. The van der Waals surface area contributed by atoms with Crippen molar-refractivity contribution in [3.8, 4) is 0 Å². The Morgan fingerprint density at radius 2 is 2.00 bits per heavy atom. The van der Waals surface area contributed by atoms with E-state index in [1.807, 2.05) is 11.8 Å². The molecule has 1 fully saturated rings. The summed E-state index contributed by atoms with van der Waals surface area (Å²) in [6, 6.07) is 0.748. The Balaban J connectivity index is 2.18. The van der Waals surface area contributed by atoms with Crippen molar-refractivity contribution < 1.29 is 0 Å². The Hall–Kier alpha value is 0.310. The van der Waals surface area contributed by atoms with Crippen LogP contribution in [-0.2, 0) is 0 Å². The van der Waals surface area contributed by atoms with E-state index in [2.05, 4.69) is 18.6 Å². The lowest BCUT2D eigenvalue weighted by Gasteiger charge is -2.25. The fourth-order valence-corrected chi connectivity index (χ4v) is 3.00. The van der Waals surface area contributed by atoms with E-state index >= 15 is 0 Å². The normalized spacial score (nSPS) is 21.7. The molecule has 2 heteroatoms. The van der Waals surface area contributed by atoms with Crippen LogP contribution in [0.1, 0.15) is 38.5 Å². The van der Waals surface area contributed by atoms with Gasteiger partial charge in [0, 0.05) is 11.8 Å². The molecule has 0 spiro atoms. The van der Waals surface area contributed by atoms with E-state index in [1.165, 1.54) is 44.3 Å². The first-order valence-corrected chi connectivity index (χ1v) is 6.92. The van der Waals surface area contributed by atoms with E-state index in [4.69, 9.17) is 0 Å². The molecular formula is C11H23NS. The van der Waals surface area contributed by atoms with Gasteiger partial charge in [0.1, 0.15) is 0 Å². The molecular weight excluding hydrogens is 178 g/mol. The van der Waals surface area contributed by atoms with Gasteiger partial charge in [-0.25, -0.2) is 0 Å². The molecule has 0 saturated heterocycles. The van der Waals surface area contributed by atoms with Crippen molar-refractivity contribution in [3.63, 3.8) is 0 Å². The van der Waals surface area contributed by atoms with Gasteiger partial charge >= 0.3 is 0 Å². The largest absolute Gasteiger partial charge is 0.316 e. The van der Waals surface area contributed by atoms with Gasteiger partial charge in [0.25, 0.3) is 0 Å². The van der Waals surface area contributed by atoms with E-state index in [-0.39, 0.29) is 0 Å². The molecule has 1 N–H and O–H groups in total. The average molecular weight is 201 g/mol. The zero-order valence-electron chi connectivity index (χ0n) is 9.01. The molecule has 1 aliphatic carbocycles. The molecule has 0 bridgehead atoms. The fraction of sp³-hybridized carbons (Fsp3) is 1.00. The summed E-state index contributed by atoms with van der Waals surface area (Å²) in [5.41, 5.74) is 0. The molecule has 0 radical (unpaired) electrons. The van der Waals surface area contributed by atoms with Crippen molar-refractivity contribution in [2.75, 3.05) is 19.1 Å². The van der Waals surface area contributed by atoms with Gasteiger partial charge in [-0.05, 0) is 25.6 Å². The summed E-state index contributed by atoms with van der Waals surface area (Å²) in [6.45, 7) is 0. The van der Waals surface area contributed by atoms with Crippen LogP contribution < -0.4 is 5.32 Å². The number of hydrogen-bond donors (Lipinski definition) is 1. The predicted molar refractivity (Wildman–Crippen MR) is 62.4 cm³/mol. The second-order valence-electron chi connectivity index (χ2n) is 4.18. The molecule has 1 saturated carbocycles. The van der Waals surface area contributed by atoms with E-state index in [0.717, 1.165) is 12.0 Å². The van der Waals surface area contributed by atoms with Crippen molar-refractivity contribution in [1.29, 1.82) is 0 Å². The highest BCUT2D eigenvalue weighted by Crippen LogP contribution is 2.27.